The van der Waals surface area contributed by atoms with Gasteiger partial charge in [0.1, 0.15) is 17.2 Å². The Hall–Kier alpha value is -4.26. The Bertz CT molecular complexity index is 1280. The van der Waals surface area contributed by atoms with E-state index < -0.39 is 5.92 Å². The minimum Gasteiger partial charge on any atom is -0.457 e. The van der Waals surface area contributed by atoms with Crippen LogP contribution in [0.1, 0.15) is 22.7 Å². The van der Waals surface area contributed by atoms with Crippen LogP contribution in [0.5, 0.6) is 23.0 Å². The van der Waals surface area contributed by atoms with Crippen molar-refractivity contribution in [2.45, 2.75) is 12.5 Å². The number of carbonyl (C=O) groups excluding carboxylic acids is 1. The monoisotopic (exact) mass is 426 g/mol. The number of nitrogens with one attached hydrogen (secondary N) is 1. The van der Waals surface area contributed by atoms with Gasteiger partial charge in [-0.1, -0.05) is 41.6 Å². The molecule has 158 valence electrons. The third-order valence-electron chi connectivity index (χ3n) is 5.60. The van der Waals surface area contributed by atoms with E-state index in [1.54, 1.807) is 0 Å². The molecule has 3 aromatic carbocycles. The molecular weight excluding hydrogens is 408 g/mol. The maximum atomic E-state index is 13.2. The molecule has 0 saturated heterocycles. The normalized spacial score (nSPS) is 13.8. The van der Waals surface area contributed by atoms with Crippen molar-refractivity contribution in [2.75, 3.05) is 6.79 Å². The van der Waals surface area contributed by atoms with Crippen LogP contribution in [-0.4, -0.2) is 17.9 Å². The summed E-state index contributed by atoms with van der Waals surface area (Å²) < 4.78 is 22.2. The molecular formula is C25H18N2O5. The summed E-state index contributed by atoms with van der Waals surface area (Å²) in [6.07, 6.45) is 0. The first kappa shape index (κ1) is 18.5. The van der Waals surface area contributed by atoms with E-state index in [0.717, 1.165) is 16.7 Å². The first-order chi connectivity index (χ1) is 15.8. The Labute approximate surface area is 183 Å². The minimum atomic E-state index is -0.462. The molecule has 1 N–H and O–H groups in total. The van der Waals surface area contributed by atoms with Gasteiger partial charge in [0, 0.05) is 22.8 Å². The molecule has 0 spiro atoms. The van der Waals surface area contributed by atoms with E-state index in [2.05, 4.69) is 10.5 Å². The Morgan fingerprint density at radius 1 is 0.875 bits per heavy atom. The Balaban J connectivity index is 1.22. The van der Waals surface area contributed by atoms with Gasteiger partial charge in [0.15, 0.2) is 17.3 Å². The summed E-state index contributed by atoms with van der Waals surface area (Å²) in [5, 5.41) is 7.10. The Morgan fingerprint density at radius 2 is 1.59 bits per heavy atom. The predicted octanol–water partition coefficient (Wildman–Crippen LogP) is 4.62. The highest BCUT2D eigenvalue weighted by molar-refractivity contribution is 5.89. The quantitative estimate of drug-likeness (QED) is 0.513. The second-order valence-corrected chi connectivity index (χ2v) is 7.58. The molecule has 0 saturated carbocycles. The summed E-state index contributed by atoms with van der Waals surface area (Å²) in [7, 11) is 0. The summed E-state index contributed by atoms with van der Waals surface area (Å²) in [5.74, 6) is 2.77. The van der Waals surface area contributed by atoms with Gasteiger partial charge in [0.05, 0.1) is 12.5 Å². The number of aromatic nitrogens is 1. The average Bonchev–Trinajstić information content (AvgIpc) is 3.50. The van der Waals surface area contributed by atoms with Gasteiger partial charge < -0.3 is 24.1 Å². The predicted molar refractivity (Wildman–Crippen MR) is 115 cm³/mol. The van der Waals surface area contributed by atoms with Crippen molar-refractivity contribution in [1.82, 2.24) is 10.5 Å². The highest BCUT2D eigenvalue weighted by Crippen LogP contribution is 2.44. The molecule has 0 unspecified atom stereocenters. The molecule has 0 bridgehead atoms. The Morgan fingerprint density at radius 3 is 2.38 bits per heavy atom. The van der Waals surface area contributed by atoms with Gasteiger partial charge in [0.25, 0.3) is 0 Å². The van der Waals surface area contributed by atoms with Crippen LogP contribution in [-0.2, 0) is 11.3 Å². The van der Waals surface area contributed by atoms with Crippen LogP contribution in [0.2, 0.25) is 0 Å². The van der Waals surface area contributed by atoms with E-state index in [-0.39, 0.29) is 19.2 Å². The number of hydrogen-bond donors (Lipinski definition) is 1. The highest BCUT2D eigenvalue weighted by Gasteiger charge is 2.32. The average molecular weight is 426 g/mol. The van der Waals surface area contributed by atoms with Crippen molar-refractivity contribution in [3.05, 3.63) is 89.6 Å². The lowest BCUT2D eigenvalue weighted by atomic mass is 9.87. The van der Waals surface area contributed by atoms with E-state index >= 15 is 0 Å². The van der Waals surface area contributed by atoms with Gasteiger partial charge in [-0.15, -0.1) is 0 Å². The second kappa shape index (κ2) is 7.46. The number of rotatable bonds is 4. The molecule has 7 heteroatoms. The molecule has 3 heterocycles. The van der Waals surface area contributed by atoms with Crippen LogP contribution in [0.3, 0.4) is 0 Å². The number of benzene rings is 3. The van der Waals surface area contributed by atoms with Crippen molar-refractivity contribution < 1.29 is 23.5 Å². The number of amides is 1. The number of para-hydroxylation sites is 2. The molecule has 2 aliphatic heterocycles. The van der Waals surface area contributed by atoms with Crippen LogP contribution in [0.25, 0.3) is 11.3 Å². The van der Waals surface area contributed by atoms with Gasteiger partial charge >= 0.3 is 0 Å². The number of carbonyl (C=O) groups is 1. The third kappa shape index (κ3) is 3.15. The van der Waals surface area contributed by atoms with E-state index in [0.29, 0.717) is 34.5 Å². The van der Waals surface area contributed by atoms with Gasteiger partial charge in [0.2, 0.25) is 12.7 Å². The topological polar surface area (TPSA) is 82.8 Å². The largest absolute Gasteiger partial charge is 0.457 e. The fourth-order valence-corrected chi connectivity index (χ4v) is 4.05. The lowest BCUT2D eigenvalue weighted by Gasteiger charge is -2.27. The molecule has 1 aromatic heterocycles. The molecule has 0 aliphatic carbocycles. The van der Waals surface area contributed by atoms with Gasteiger partial charge in [-0.3, -0.25) is 4.79 Å². The minimum absolute atomic E-state index is 0.124. The Kier molecular flexibility index (Phi) is 4.31. The van der Waals surface area contributed by atoms with Gasteiger partial charge in [-0.25, -0.2) is 0 Å². The van der Waals surface area contributed by atoms with Gasteiger partial charge in [-0.2, -0.15) is 0 Å². The summed E-state index contributed by atoms with van der Waals surface area (Å²) >= 11 is 0. The second-order valence-electron chi connectivity index (χ2n) is 7.58. The highest BCUT2D eigenvalue weighted by atomic mass is 16.7. The van der Waals surface area contributed by atoms with Crippen molar-refractivity contribution >= 4 is 5.91 Å². The molecule has 32 heavy (non-hydrogen) atoms. The summed E-state index contributed by atoms with van der Waals surface area (Å²) in [6.45, 7) is 0.458. The van der Waals surface area contributed by atoms with Crippen LogP contribution < -0.4 is 19.5 Å². The van der Waals surface area contributed by atoms with E-state index in [9.17, 15) is 4.79 Å². The third-order valence-corrected chi connectivity index (χ3v) is 5.60. The smallest absolute Gasteiger partial charge is 0.232 e. The summed E-state index contributed by atoms with van der Waals surface area (Å²) in [6, 6.07) is 22.6. The first-order valence-corrected chi connectivity index (χ1v) is 10.3. The van der Waals surface area contributed by atoms with E-state index in [1.165, 1.54) is 0 Å². The van der Waals surface area contributed by atoms with Crippen molar-refractivity contribution in [3.63, 3.8) is 0 Å². The number of ether oxygens (including phenoxy) is 3. The van der Waals surface area contributed by atoms with Crippen LogP contribution >= 0.6 is 0 Å². The molecule has 4 aromatic rings. The van der Waals surface area contributed by atoms with E-state index in [1.807, 2.05) is 72.8 Å². The number of nitrogens with zero attached hydrogens (tertiary/aromatic N) is 1. The fourth-order valence-electron chi connectivity index (χ4n) is 4.05. The molecule has 0 atom stereocenters. The van der Waals surface area contributed by atoms with Crippen LogP contribution in [0, 0.1) is 0 Å². The zero-order valence-electron chi connectivity index (χ0n) is 16.9. The maximum Gasteiger partial charge on any atom is 0.232 e. The summed E-state index contributed by atoms with van der Waals surface area (Å²) in [4.78, 5) is 13.2. The lowest BCUT2D eigenvalue weighted by molar-refractivity contribution is -0.122. The number of fused-ring (bicyclic) bond motifs is 3. The molecule has 6 rings (SSSR count). The van der Waals surface area contributed by atoms with E-state index in [4.69, 9.17) is 18.7 Å². The maximum absolute atomic E-state index is 13.2. The first-order valence-electron chi connectivity index (χ1n) is 10.3. The van der Waals surface area contributed by atoms with Crippen molar-refractivity contribution in [2.24, 2.45) is 0 Å². The zero-order valence-corrected chi connectivity index (χ0v) is 16.9. The molecule has 7 nitrogen and oxygen atoms in total. The molecule has 1 amide bonds. The molecule has 2 aliphatic rings. The SMILES string of the molecule is O=C(NCc1cc(-c2ccc3c(c2)OCO3)on1)C1c2ccccc2Oc2ccccc21. The van der Waals surface area contributed by atoms with Crippen LogP contribution in [0.15, 0.2) is 77.3 Å². The number of hydrogen-bond acceptors (Lipinski definition) is 6. The summed E-state index contributed by atoms with van der Waals surface area (Å²) in [5.41, 5.74) is 3.13. The van der Waals surface area contributed by atoms with Gasteiger partial charge in [-0.05, 0) is 30.3 Å². The zero-order chi connectivity index (χ0) is 21.5. The molecule has 0 fully saturated rings. The fraction of sp³-hybridized carbons (Fsp3) is 0.120. The lowest BCUT2D eigenvalue weighted by Crippen LogP contribution is -2.31. The van der Waals surface area contributed by atoms with Crippen molar-refractivity contribution in [3.8, 4) is 34.3 Å². The van der Waals surface area contributed by atoms with Crippen LogP contribution in [0.4, 0.5) is 0 Å². The standard InChI is InChI=1S/C25H18N2O5/c28-25(24-17-5-1-3-7-19(17)31-20-8-4-2-6-18(20)24)26-13-16-12-22(32-27-16)15-9-10-21-23(11-15)30-14-29-21/h1-12,24H,13-14H2,(H,26,28). The van der Waals surface area contributed by atoms with Crippen molar-refractivity contribution in [1.29, 1.82) is 0 Å². The molecule has 0 radical (unpaired) electrons.